The molecule has 21 heavy (non-hydrogen) atoms. The fourth-order valence-electron chi connectivity index (χ4n) is 2.74. The Hall–Kier alpha value is -1.30. The first kappa shape index (κ1) is 14.6. The number of aryl methyl sites for hydroxylation is 2. The molecule has 0 radical (unpaired) electrons. The highest BCUT2D eigenvalue weighted by atomic mass is 32.1. The Balaban J connectivity index is 1.50. The predicted octanol–water partition coefficient (Wildman–Crippen LogP) is 2.47. The molecule has 3 heterocycles. The zero-order valence-electron chi connectivity index (χ0n) is 12.7. The summed E-state index contributed by atoms with van der Waals surface area (Å²) in [5.41, 5.74) is 3.72. The maximum Gasteiger partial charge on any atom is 0.0897 e. The lowest BCUT2D eigenvalue weighted by atomic mass is 10.2. The summed E-state index contributed by atoms with van der Waals surface area (Å²) in [5, 5.41) is 3.34. The summed E-state index contributed by atoms with van der Waals surface area (Å²) in [6.45, 7) is 10.7. The van der Waals surface area contributed by atoms with E-state index < -0.39 is 0 Å². The fourth-order valence-corrected chi connectivity index (χ4v) is 3.34. The molecule has 4 nitrogen and oxygen atoms in total. The van der Waals surface area contributed by atoms with E-state index in [0.29, 0.717) is 0 Å². The predicted molar refractivity (Wildman–Crippen MR) is 86.4 cm³/mol. The van der Waals surface area contributed by atoms with Crippen molar-refractivity contribution in [2.45, 2.75) is 26.9 Å². The Morgan fingerprint density at radius 3 is 2.43 bits per heavy atom. The van der Waals surface area contributed by atoms with Gasteiger partial charge in [-0.25, -0.2) is 4.98 Å². The third kappa shape index (κ3) is 3.87. The summed E-state index contributed by atoms with van der Waals surface area (Å²) in [7, 11) is 0. The lowest BCUT2D eigenvalue weighted by Crippen LogP contribution is -2.45. The molecule has 3 rings (SSSR count). The molecule has 5 heteroatoms. The van der Waals surface area contributed by atoms with Crippen molar-refractivity contribution in [1.29, 1.82) is 0 Å². The van der Waals surface area contributed by atoms with Crippen LogP contribution in [0.1, 0.15) is 22.0 Å². The van der Waals surface area contributed by atoms with Crippen LogP contribution < -0.4 is 0 Å². The molecule has 0 unspecified atom stereocenters. The van der Waals surface area contributed by atoms with Crippen molar-refractivity contribution < 1.29 is 0 Å². The van der Waals surface area contributed by atoms with Gasteiger partial charge >= 0.3 is 0 Å². The molecule has 2 aromatic rings. The van der Waals surface area contributed by atoms with Crippen LogP contribution >= 0.6 is 11.3 Å². The van der Waals surface area contributed by atoms with Gasteiger partial charge in [0, 0.05) is 56.5 Å². The molecule has 1 fully saturated rings. The van der Waals surface area contributed by atoms with Crippen LogP contribution in [-0.2, 0) is 13.1 Å². The van der Waals surface area contributed by atoms with Gasteiger partial charge in [-0.2, -0.15) is 0 Å². The quantitative estimate of drug-likeness (QED) is 0.868. The monoisotopic (exact) mass is 302 g/mol. The van der Waals surface area contributed by atoms with Crippen LogP contribution in [0.2, 0.25) is 0 Å². The second-order valence-corrected chi connectivity index (χ2v) is 6.72. The lowest BCUT2D eigenvalue weighted by molar-refractivity contribution is 0.121. The van der Waals surface area contributed by atoms with Gasteiger partial charge < -0.3 is 0 Å². The average Bonchev–Trinajstić information content (AvgIpc) is 2.89. The number of aromatic nitrogens is 2. The second kappa shape index (κ2) is 6.64. The maximum absolute atomic E-state index is 4.56. The average molecular weight is 302 g/mol. The maximum atomic E-state index is 4.56. The third-order valence-corrected chi connectivity index (χ3v) is 4.85. The SMILES string of the molecule is Cc1nc(CN2CCN(Cc3cccnc3C)CC2)cs1. The Kier molecular flexibility index (Phi) is 4.63. The highest BCUT2D eigenvalue weighted by Crippen LogP contribution is 2.14. The van der Waals surface area contributed by atoms with E-state index in [1.54, 1.807) is 11.3 Å². The highest BCUT2D eigenvalue weighted by Gasteiger charge is 2.18. The summed E-state index contributed by atoms with van der Waals surface area (Å²) in [6, 6.07) is 4.22. The molecule has 0 amide bonds. The Bertz CT molecular complexity index is 587. The van der Waals surface area contributed by atoms with E-state index in [1.165, 1.54) is 11.3 Å². The van der Waals surface area contributed by atoms with Gasteiger partial charge in [0.1, 0.15) is 0 Å². The van der Waals surface area contributed by atoms with E-state index in [-0.39, 0.29) is 0 Å². The van der Waals surface area contributed by atoms with Crippen molar-refractivity contribution in [2.24, 2.45) is 0 Å². The van der Waals surface area contributed by atoms with E-state index in [1.807, 2.05) is 12.3 Å². The minimum atomic E-state index is 0.990. The summed E-state index contributed by atoms with van der Waals surface area (Å²) in [5.74, 6) is 0. The van der Waals surface area contributed by atoms with Crippen LogP contribution in [0.25, 0.3) is 0 Å². The van der Waals surface area contributed by atoms with Crippen molar-refractivity contribution in [3.8, 4) is 0 Å². The van der Waals surface area contributed by atoms with Crippen LogP contribution in [0, 0.1) is 13.8 Å². The largest absolute Gasteiger partial charge is 0.296 e. The van der Waals surface area contributed by atoms with Gasteiger partial charge in [-0.15, -0.1) is 11.3 Å². The molecule has 1 saturated heterocycles. The fraction of sp³-hybridized carbons (Fsp3) is 0.500. The molecule has 0 aromatic carbocycles. The van der Waals surface area contributed by atoms with Crippen molar-refractivity contribution in [2.75, 3.05) is 26.2 Å². The molecule has 0 bridgehead atoms. The van der Waals surface area contributed by atoms with Crippen molar-refractivity contribution >= 4 is 11.3 Å². The Morgan fingerprint density at radius 1 is 1.10 bits per heavy atom. The number of hydrogen-bond donors (Lipinski definition) is 0. The van der Waals surface area contributed by atoms with Crippen LogP contribution in [0.4, 0.5) is 0 Å². The summed E-state index contributed by atoms with van der Waals surface area (Å²) < 4.78 is 0. The molecule has 0 atom stereocenters. The minimum absolute atomic E-state index is 0.990. The zero-order valence-corrected chi connectivity index (χ0v) is 13.6. The molecule has 1 aliphatic heterocycles. The first-order valence-corrected chi connectivity index (χ1v) is 8.35. The highest BCUT2D eigenvalue weighted by molar-refractivity contribution is 7.09. The number of rotatable bonds is 4. The van der Waals surface area contributed by atoms with Gasteiger partial charge in [0.2, 0.25) is 0 Å². The van der Waals surface area contributed by atoms with Gasteiger partial charge in [-0.1, -0.05) is 6.07 Å². The second-order valence-electron chi connectivity index (χ2n) is 5.66. The normalized spacial score (nSPS) is 17.2. The molecule has 0 aliphatic carbocycles. The van der Waals surface area contributed by atoms with E-state index in [9.17, 15) is 0 Å². The van der Waals surface area contributed by atoms with Crippen LogP contribution in [0.3, 0.4) is 0 Å². The number of thiazole rings is 1. The van der Waals surface area contributed by atoms with Gasteiger partial charge in [-0.05, 0) is 25.5 Å². The van der Waals surface area contributed by atoms with Gasteiger partial charge in [-0.3, -0.25) is 14.8 Å². The molecule has 0 saturated carbocycles. The summed E-state index contributed by atoms with van der Waals surface area (Å²) in [6.07, 6.45) is 1.87. The number of pyridine rings is 1. The number of piperazine rings is 1. The molecule has 2 aromatic heterocycles. The van der Waals surface area contributed by atoms with Crippen LogP contribution in [0.15, 0.2) is 23.7 Å². The first-order chi connectivity index (χ1) is 10.2. The molecule has 0 N–H and O–H groups in total. The van der Waals surface area contributed by atoms with Crippen LogP contribution in [-0.4, -0.2) is 45.9 Å². The van der Waals surface area contributed by atoms with E-state index >= 15 is 0 Å². The van der Waals surface area contributed by atoms with Crippen molar-refractivity contribution in [3.63, 3.8) is 0 Å². The molecular weight excluding hydrogens is 280 g/mol. The van der Waals surface area contributed by atoms with Crippen molar-refractivity contribution in [1.82, 2.24) is 19.8 Å². The molecule has 0 spiro atoms. The summed E-state index contributed by atoms with van der Waals surface area (Å²) >= 11 is 1.74. The molecule has 112 valence electrons. The number of nitrogens with zero attached hydrogens (tertiary/aromatic N) is 4. The van der Waals surface area contributed by atoms with E-state index in [2.05, 4.69) is 45.1 Å². The Morgan fingerprint density at radius 2 is 1.81 bits per heavy atom. The van der Waals surface area contributed by atoms with Gasteiger partial charge in [0.25, 0.3) is 0 Å². The third-order valence-electron chi connectivity index (χ3n) is 4.03. The van der Waals surface area contributed by atoms with Crippen molar-refractivity contribution in [3.05, 3.63) is 45.7 Å². The lowest BCUT2D eigenvalue weighted by Gasteiger charge is -2.34. The topological polar surface area (TPSA) is 32.3 Å². The summed E-state index contributed by atoms with van der Waals surface area (Å²) in [4.78, 5) is 14.0. The van der Waals surface area contributed by atoms with Gasteiger partial charge in [0.15, 0.2) is 0 Å². The zero-order chi connectivity index (χ0) is 14.7. The first-order valence-electron chi connectivity index (χ1n) is 7.47. The number of hydrogen-bond acceptors (Lipinski definition) is 5. The molecular formula is C16H22N4S. The smallest absolute Gasteiger partial charge is 0.0897 e. The minimum Gasteiger partial charge on any atom is -0.296 e. The van der Waals surface area contributed by atoms with E-state index in [4.69, 9.17) is 0 Å². The van der Waals surface area contributed by atoms with E-state index in [0.717, 1.165) is 50.0 Å². The Labute approximate surface area is 130 Å². The van der Waals surface area contributed by atoms with Crippen LogP contribution in [0.5, 0.6) is 0 Å². The standard InChI is InChI=1S/C16H22N4S/c1-13-15(4-3-5-17-13)10-19-6-8-20(9-7-19)11-16-12-21-14(2)18-16/h3-5,12H,6-11H2,1-2H3. The molecule has 1 aliphatic rings. The van der Waals surface area contributed by atoms with Gasteiger partial charge in [0.05, 0.1) is 10.7 Å².